The number of anilines is 1. The van der Waals surface area contributed by atoms with E-state index < -0.39 is 21.3 Å². The van der Waals surface area contributed by atoms with Crippen LogP contribution in [0.2, 0.25) is 0 Å². The van der Waals surface area contributed by atoms with Crippen LogP contribution in [-0.4, -0.2) is 54.6 Å². The van der Waals surface area contributed by atoms with E-state index in [9.17, 15) is 13.5 Å². The summed E-state index contributed by atoms with van der Waals surface area (Å²) < 4.78 is 23.6. The monoisotopic (exact) mass is 316 g/mol. The molecule has 1 aliphatic rings. The minimum Gasteiger partial charge on any atom is -0.398 e. The first kappa shape index (κ1) is 15.6. The van der Waals surface area contributed by atoms with Crippen LogP contribution in [0.15, 0.2) is 24.3 Å². The number of nitrogens with two attached hydrogens (primary N) is 1. The Balaban J connectivity index is 2.13. The molecule has 20 heavy (non-hydrogen) atoms. The highest BCUT2D eigenvalue weighted by molar-refractivity contribution is 8.00. The van der Waals surface area contributed by atoms with E-state index in [0.717, 1.165) is 5.75 Å². The van der Waals surface area contributed by atoms with Gasteiger partial charge in [-0.3, -0.25) is 4.90 Å². The SMILES string of the molecule is CS(=O)(=O)C1CSCCN1CC(O)c1ccccc1N. The van der Waals surface area contributed by atoms with Gasteiger partial charge in [0.15, 0.2) is 9.84 Å². The van der Waals surface area contributed by atoms with E-state index in [2.05, 4.69) is 0 Å². The van der Waals surface area contributed by atoms with Crippen LogP contribution in [0.1, 0.15) is 11.7 Å². The number of hydrogen-bond donors (Lipinski definition) is 2. The smallest absolute Gasteiger partial charge is 0.164 e. The van der Waals surface area contributed by atoms with E-state index in [1.54, 1.807) is 23.9 Å². The van der Waals surface area contributed by atoms with Crippen LogP contribution >= 0.6 is 11.8 Å². The average molecular weight is 316 g/mol. The Hall–Kier alpha value is -0.760. The summed E-state index contributed by atoms with van der Waals surface area (Å²) in [6.45, 7) is 0.943. The largest absolute Gasteiger partial charge is 0.398 e. The zero-order chi connectivity index (χ0) is 14.8. The quantitative estimate of drug-likeness (QED) is 0.797. The molecule has 0 bridgehead atoms. The van der Waals surface area contributed by atoms with Gasteiger partial charge in [0.05, 0.1) is 6.10 Å². The van der Waals surface area contributed by atoms with Crippen molar-refractivity contribution in [3.05, 3.63) is 29.8 Å². The summed E-state index contributed by atoms with van der Waals surface area (Å²) >= 11 is 1.63. The minimum atomic E-state index is -3.15. The molecule has 0 saturated carbocycles. The third-order valence-electron chi connectivity index (χ3n) is 3.45. The Labute approximate surface area is 124 Å². The van der Waals surface area contributed by atoms with Crippen LogP contribution < -0.4 is 5.73 Å². The van der Waals surface area contributed by atoms with Gasteiger partial charge in [0.25, 0.3) is 0 Å². The van der Waals surface area contributed by atoms with Gasteiger partial charge in [0.1, 0.15) is 5.37 Å². The molecule has 0 spiro atoms. The van der Waals surface area contributed by atoms with Crippen molar-refractivity contribution in [3.8, 4) is 0 Å². The van der Waals surface area contributed by atoms with Gasteiger partial charge in [-0.05, 0) is 6.07 Å². The van der Waals surface area contributed by atoms with Crippen LogP contribution in [0.25, 0.3) is 0 Å². The molecular formula is C13H20N2O3S2. The average Bonchev–Trinajstić information content (AvgIpc) is 2.38. The lowest BCUT2D eigenvalue weighted by atomic mass is 10.1. The van der Waals surface area contributed by atoms with Crippen molar-refractivity contribution >= 4 is 27.3 Å². The van der Waals surface area contributed by atoms with Gasteiger partial charge in [-0.1, -0.05) is 18.2 Å². The van der Waals surface area contributed by atoms with Gasteiger partial charge in [0.2, 0.25) is 0 Å². The van der Waals surface area contributed by atoms with Gasteiger partial charge in [-0.15, -0.1) is 0 Å². The minimum absolute atomic E-state index is 0.284. The number of para-hydroxylation sites is 1. The number of nitrogen functional groups attached to an aromatic ring is 1. The number of aliphatic hydroxyl groups is 1. The van der Waals surface area contributed by atoms with E-state index in [0.29, 0.717) is 23.5 Å². The number of sulfone groups is 1. The third-order valence-corrected chi connectivity index (χ3v) is 6.13. The predicted octanol–water partition coefficient (Wildman–Crippen LogP) is 0.722. The summed E-state index contributed by atoms with van der Waals surface area (Å²) in [5.41, 5.74) is 7.03. The molecule has 2 rings (SSSR count). The maximum absolute atomic E-state index is 11.8. The molecule has 1 saturated heterocycles. The summed E-state index contributed by atoms with van der Waals surface area (Å²) in [6, 6.07) is 7.13. The second-order valence-corrected chi connectivity index (χ2v) is 8.35. The van der Waals surface area contributed by atoms with E-state index in [4.69, 9.17) is 5.73 Å². The molecule has 0 aromatic heterocycles. The molecule has 0 amide bonds. The fourth-order valence-corrected chi connectivity index (χ4v) is 5.31. The van der Waals surface area contributed by atoms with Gasteiger partial charge in [-0.25, -0.2) is 8.42 Å². The van der Waals surface area contributed by atoms with Crippen molar-refractivity contribution in [2.24, 2.45) is 0 Å². The summed E-state index contributed by atoms with van der Waals surface area (Å²) in [5, 5.41) is 9.79. The Kier molecular flexibility index (Phi) is 4.95. The zero-order valence-electron chi connectivity index (χ0n) is 11.4. The molecule has 0 aliphatic carbocycles. The molecule has 1 aliphatic heterocycles. The second kappa shape index (κ2) is 6.34. The number of nitrogens with zero attached hydrogens (tertiary/aromatic N) is 1. The Morgan fingerprint density at radius 3 is 2.85 bits per heavy atom. The molecule has 2 unspecified atom stereocenters. The molecule has 2 atom stereocenters. The number of thioether (sulfide) groups is 1. The Bertz CT molecular complexity index is 562. The Morgan fingerprint density at radius 2 is 2.20 bits per heavy atom. The molecule has 7 heteroatoms. The number of rotatable bonds is 4. The number of aliphatic hydroxyl groups excluding tert-OH is 1. The van der Waals surface area contributed by atoms with E-state index in [1.807, 2.05) is 17.0 Å². The summed E-state index contributed by atoms with van der Waals surface area (Å²) in [4.78, 5) is 1.84. The van der Waals surface area contributed by atoms with E-state index in [1.165, 1.54) is 6.26 Å². The van der Waals surface area contributed by atoms with Crippen LogP contribution in [0.4, 0.5) is 5.69 Å². The van der Waals surface area contributed by atoms with E-state index in [-0.39, 0.29) is 6.54 Å². The van der Waals surface area contributed by atoms with Gasteiger partial charge in [0, 0.05) is 42.1 Å². The molecule has 0 radical (unpaired) electrons. The first-order chi connectivity index (χ1) is 9.39. The predicted molar refractivity (Wildman–Crippen MR) is 83.3 cm³/mol. The van der Waals surface area contributed by atoms with Crippen LogP contribution in [-0.2, 0) is 9.84 Å². The number of benzene rings is 1. The molecule has 5 nitrogen and oxygen atoms in total. The first-order valence-electron chi connectivity index (χ1n) is 6.42. The van der Waals surface area contributed by atoms with Crippen LogP contribution in [0.3, 0.4) is 0 Å². The van der Waals surface area contributed by atoms with Crippen LogP contribution in [0.5, 0.6) is 0 Å². The lowest BCUT2D eigenvalue weighted by molar-refractivity contribution is 0.112. The maximum atomic E-state index is 11.8. The lowest BCUT2D eigenvalue weighted by Crippen LogP contribution is -2.48. The van der Waals surface area contributed by atoms with Crippen LogP contribution in [0, 0.1) is 0 Å². The van der Waals surface area contributed by atoms with E-state index >= 15 is 0 Å². The highest BCUT2D eigenvalue weighted by Crippen LogP contribution is 2.25. The second-order valence-electron chi connectivity index (χ2n) is 5.00. The Morgan fingerprint density at radius 1 is 1.50 bits per heavy atom. The van der Waals surface area contributed by atoms with Crippen molar-refractivity contribution in [2.45, 2.75) is 11.5 Å². The topological polar surface area (TPSA) is 83.6 Å². The summed E-state index contributed by atoms with van der Waals surface area (Å²) in [7, 11) is -3.15. The normalized spacial score (nSPS) is 22.6. The third kappa shape index (κ3) is 3.66. The maximum Gasteiger partial charge on any atom is 0.164 e. The van der Waals surface area contributed by atoms with Crippen molar-refractivity contribution in [2.75, 3.05) is 36.6 Å². The molecular weight excluding hydrogens is 296 g/mol. The highest BCUT2D eigenvalue weighted by Gasteiger charge is 2.32. The van der Waals surface area contributed by atoms with Crippen molar-refractivity contribution < 1.29 is 13.5 Å². The fourth-order valence-electron chi connectivity index (χ4n) is 2.35. The molecule has 1 aromatic rings. The van der Waals surface area contributed by atoms with Crippen molar-refractivity contribution in [1.82, 2.24) is 4.90 Å². The number of β-amino-alcohol motifs (C(OH)–C–C–N with tert-alkyl or cyclic N) is 1. The highest BCUT2D eigenvalue weighted by atomic mass is 32.2. The summed E-state index contributed by atoms with van der Waals surface area (Å²) in [5.74, 6) is 1.43. The lowest BCUT2D eigenvalue weighted by Gasteiger charge is -2.35. The van der Waals surface area contributed by atoms with Gasteiger partial charge in [-0.2, -0.15) is 11.8 Å². The molecule has 1 heterocycles. The number of hydrogen-bond acceptors (Lipinski definition) is 6. The van der Waals surface area contributed by atoms with Crippen molar-refractivity contribution in [3.63, 3.8) is 0 Å². The van der Waals surface area contributed by atoms with Gasteiger partial charge < -0.3 is 10.8 Å². The van der Waals surface area contributed by atoms with Gasteiger partial charge >= 0.3 is 0 Å². The standard InChI is InChI=1S/C13H20N2O3S2/c1-20(17,18)13-9-19-7-6-15(13)8-12(16)10-4-2-3-5-11(10)14/h2-5,12-13,16H,6-9,14H2,1H3. The molecule has 1 fully saturated rings. The molecule has 3 N–H and O–H groups in total. The zero-order valence-corrected chi connectivity index (χ0v) is 13.0. The molecule has 1 aromatic carbocycles. The first-order valence-corrected chi connectivity index (χ1v) is 9.53. The molecule has 112 valence electrons. The summed E-state index contributed by atoms with van der Waals surface area (Å²) in [6.07, 6.45) is 0.475. The fraction of sp³-hybridized carbons (Fsp3) is 0.538. The van der Waals surface area contributed by atoms with Crippen molar-refractivity contribution in [1.29, 1.82) is 0 Å².